The molecule has 0 aromatic carbocycles. The van der Waals surface area contributed by atoms with Crippen molar-refractivity contribution in [3.63, 3.8) is 0 Å². The highest BCUT2D eigenvalue weighted by atomic mass is 35.5. The number of ether oxygens (including phenoxy) is 1. The monoisotopic (exact) mass is 247 g/mol. The molecule has 1 unspecified atom stereocenters. The molecular weight excluding hydrogens is 234 g/mol. The second kappa shape index (κ2) is 6.52. The Bertz CT molecular complexity index is 339. The molecule has 0 saturated heterocycles. The molecule has 1 atom stereocenters. The minimum Gasteiger partial charge on any atom is -0.440 e. The molecule has 16 heavy (non-hydrogen) atoms. The first-order valence-corrected chi connectivity index (χ1v) is 5.22. The van der Waals surface area contributed by atoms with Crippen LogP contribution in [0.1, 0.15) is 17.0 Å². The van der Waals surface area contributed by atoms with Gasteiger partial charge < -0.3 is 19.6 Å². The summed E-state index contributed by atoms with van der Waals surface area (Å²) in [4.78, 5) is 11.4. The average Bonchev–Trinajstić information content (AvgIpc) is 2.65. The second-order valence-corrected chi connectivity index (χ2v) is 3.63. The zero-order valence-corrected chi connectivity index (χ0v) is 9.66. The maximum atomic E-state index is 11.4. The fourth-order valence-corrected chi connectivity index (χ4v) is 1.30. The summed E-state index contributed by atoms with van der Waals surface area (Å²) in [5, 5.41) is 12.1. The third-order valence-electron chi connectivity index (χ3n) is 1.92. The zero-order valence-electron chi connectivity index (χ0n) is 8.90. The molecule has 1 amide bonds. The van der Waals surface area contributed by atoms with Crippen molar-refractivity contribution in [1.29, 1.82) is 0 Å². The van der Waals surface area contributed by atoms with Crippen molar-refractivity contribution in [2.24, 2.45) is 0 Å². The first kappa shape index (κ1) is 13.0. The van der Waals surface area contributed by atoms with Gasteiger partial charge in [-0.15, -0.1) is 0 Å². The molecule has 0 spiro atoms. The van der Waals surface area contributed by atoms with Gasteiger partial charge in [-0.25, -0.2) is 0 Å². The molecular formula is C10H14ClNO4. The molecule has 0 saturated carbocycles. The topological polar surface area (TPSA) is 71.7 Å². The molecule has 1 heterocycles. The van der Waals surface area contributed by atoms with Gasteiger partial charge in [0.2, 0.25) is 0 Å². The van der Waals surface area contributed by atoms with E-state index in [2.05, 4.69) is 5.32 Å². The predicted octanol–water partition coefficient (Wildman–Crippen LogP) is 1.06. The molecule has 1 aromatic rings. The van der Waals surface area contributed by atoms with Crippen LogP contribution in [0.5, 0.6) is 0 Å². The Morgan fingerprint density at radius 1 is 1.69 bits per heavy atom. The lowest BCUT2D eigenvalue weighted by molar-refractivity contribution is 0.0586. The zero-order chi connectivity index (χ0) is 12.0. The highest BCUT2D eigenvalue weighted by molar-refractivity contribution is 6.29. The molecule has 0 aliphatic carbocycles. The quantitative estimate of drug-likeness (QED) is 0.789. The SMILES string of the molecule is COCC(O)CCNC(=O)c1ccc(Cl)o1. The fourth-order valence-electron chi connectivity index (χ4n) is 1.15. The fraction of sp³-hybridized carbons (Fsp3) is 0.500. The van der Waals surface area contributed by atoms with E-state index in [0.717, 1.165) is 0 Å². The summed E-state index contributed by atoms with van der Waals surface area (Å²) in [7, 11) is 1.51. The van der Waals surface area contributed by atoms with E-state index in [9.17, 15) is 9.90 Å². The van der Waals surface area contributed by atoms with E-state index in [0.29, 0.717) is 13.0 Å². The molecule has 0 bridgehead atoms. The number of amides is 1. The smallest absolute Gasteiger partial charge is 0.287 e. The number of aliphatic hydroxyl groups excluding tert-OH is 1. The molecule has 2 N–H and O–H groups in total. The van der Waals surface area contributed by atoms with Crippen molar-refractivity contribution < 1.29 is 19.1 Å². The van der Waals surface area contributed by atoms with Crippen LogP contribution in [0.15, 0.2) is 16.5 Å². The molecule has 0 radical (unpaired) electrons. The number of rotatable bonds is 6. The number of hydrogen-bond donors (Lipinski definition) is 2. The van der Waals surface area contributed by atoms with E-state index < -0.39 is 6.10 Å². The van der Waals surface area contributed by atoms with Crippen molar-refractivity contribution >= 4 is 17.5 Å². The minimum absolute atomic E-state index is 0.159. The van der Waals surface area contributed by atoms with Gasteiger partial charge in [-0.3, -0.25) is 4.79 Å². The van der Waals surface area contributed by atoms with Gasteiger partial charge in [-0.05, 0) is 30.2 Å². The molecule has 0 aliphatic rings. The third kappa shape index (κ3) is 4.22. The molecule has 1 rings (SSSR count). The van der Waals surface area contributed by atoms with Crippen LogP contribution < -0.4 is 5.32 Å². The van der Waals surface area contributed by atoms with Crippen LogP contribution in [0.3, 0.4) is 0 Å². The van der Waals surface area contributed by atoms with Crippen LogP contribution >= 0.6 is 11.6 Å². The average molecular weight is 248 g/mol. The first-order chi connectivity index (χ1) is 7.63. The summed E-state index contributed by atoms with van der Waals surface area (Å²) in [6.07, 6.45) is -0.154. The van der Waals surface area contributed by atoms with Crippen LogP contribution in [0.4, 0.5) is 0 Å². The van der Waals surface area contributed by atoms with E-state index in [1.54, 1.807) is 0 Å². The van der Waals surface area contributed by atoms with Gasteiger partial charge in [0.15, 0.2) is 11.0 Å². The Morgan fingerprint density at radius 3 is 3.00 bits per heavy atom. The van der Waals surface area contributed by atoms with Crippen LogP contribution in [0.25, 0.3) is 0 Å². The van der Waals surface area contributed by atoms with Crippen molar-refractivity contribution in [2.75, 3.05) is 20.3 Å². The first-order valence-electron chi connectivity index (χ1n) is 4.84. The van der Waals surface area contributed by atoms with Crippen molar-refractivity contribution in [1.82, 2.24) is 5.32 Å². The number of carbonyl (C=O) groups excluding carboxylic acids is 1. The van der Waals surface area contributed by atoms with Gasteiger partial charge >= 0.3 is 0 Å². The maximum Gasteiger partial charge on any atom is 0.287 e. The van der Waals surface area contributed by atoms with Gasteiger partial charge in [0.1, 0.15) is 0 Å². The van der Waals surface area contributed by atoms with Crippen LogP contribution in [-0.2, 0) is 4.74 Å². The number of hydrogen-bond acceptors (Lipinski definition) is 4. The summed E-state index contributed by atoms with van der Waals surface area (Å²) in [6, 6.07) is 2.99. The van der Waals surface area contributed by atoms with Crippen LogP contribution in [-0.4, -0.2) is 37.4 Å². The molecule has 5 nitrogen and oxygen atoms in total. The Kier molecular flexibility index (Phi) is 5.31. The Hall–Kier alpha value is -1.04. The highest BCUT2D eigenvalue weighted by Crippen LogP contribution is 2.12. The van der Waals surface area contributed by atoms with Gasteiger partial charge in [-0.2, -0.15) is 0 Å². The maximum absolute atomic E-state index is 11.4. The van der Waals surface area contributed by atoms with E-state index in [1.165, 1.54) is 19.2 Å². The summed E-state index contributed by atoms with van der Waals surface area (Å²) in [5.41, 5.74) is 0. The Morgan fingerprint density at radius 2 is 2.44 bits per heavy atom. The number of methoxy groups -OCH3 is 1. The number of carbonyl (C=O) groups is 1. The van der Waals surface area contributed by atoms with Gasteiger partial charge in [0.05, 0.1) is 12.7 Å². The van der Waals surface area contributed by atoms with E-state index in [1.807, 2.05) is 0 Å². The standard InChI is InChI=1S/C10H14ClNO4/c1-15-6-7(13)4-5-12-10(14)8-2-3-9(11)16-8/h2-3,7,13H,4-6H2,1H3,(H,12,14). The van der Waals surface area contributed by atoms with Crippen LogP contribution in [0.2, 0.25) is 5.22 Å². The largest absolute Gasteiger partial charge is 0.440 e. The lowest BCUT2D eigenvalue weighted by Gasteiger charge is -2.09. The second-order valence-electron chi connectivity index (χ2n) is 3.26. The summed E-state index contributed by atoms with van der Waals surface area (Å²) >= 11 is 5.53. The summed E-state index contributed by atoms with van der Waals surface area (Å²) < 4.78 is 9.67. The van der Waals surface area contributed by atoms with Crippen molar-refractivity contribution in [3.8, 4) is 0 Å². The summed E-state index contributed by atoms with van der Waals surface area (Å²) in [5.74, 6) is -0.192. The van der Waals surface area contributed by atoms with Gasteiger partial charge in [0.25, 0.3) is 5.91 Å². The van der Waals surface area contributed by atoms with E-state index >= 15 is 0 Å². The van der Waals surface area contributed by atoms with Crippen LogP contribution in [0, 0.1) is 0 Å². The third-order valence-corrected chi connectivity index (χ3v) is 2.12. The van der Waals surface area contributed by atoms with Gasteiger partial charge in [0, 0.05) is 13.7 Å². The number of furan rings is 1. The number of aliphatic hydroxyl groups is 1. The normalized spacial score (nSPS) is 12.4. The van der Waals surface area contributed by atoms with E-state index in [-0.39, 0.29) is 23.5 Å². The van der Waals surface area contributed by atoms with Crippen molar-refractivity contribution in [2.45, 2.75) is 12.5 Å². The Labute approximate surface area is 98.3 Å². The summed E-state index contributed by atoms with van der Waals surface area (Å²) in [6.45, 7) is 0.601. The predicted molar refractivity (Wildman–Crippen MR) is 58.6 cm³/mol. The Balaban J connectivity index is 2.25. The lowest BCUT2D eigenvalue weighted by atomic mass is 10.2. The molecule has 0 fully saturated rings. The minimum atomic E-state index is -0.578. The number of nitrogens with one attached hydrogen (secondary N) is 1. The number of halogens is 1. The van der Waals surface area contributed by atoms with Gasteiger partial charge in [-0.1, -0.05) is 0 Å². The van der Waals surface area contributed by atoms with E-state index in [4.69, 9.17) is 20.8 Å². The molecule has 1 aromatic heterocycles. The lowest BCUT2D eigenvalue weighted by Crippen LogP contribution is -2.28. The molecule has 6 heteroatoms. The molecule has 0 aliphatic heterocycles. The van der Waals surface area contributed by atoms with Crippen molar-refractivity contribution in [3.05, 3.63) is 23.1 Å². The highest BCUT2D eigenvalue weighted by Gasteiger charge is 2.10. The molecule has 90 valence electrons.